The Balaban J connectivity index is 2.50. The fourth-order valence-corrected chi connectivity index (χ4v) is 2.41. The molecule has 0 fully saturated rings. The first-order valence-corrected chi connectivity index (χ1v) is 6.90. The van der Waals surface area contributed by atoms with Crippen LogP contribution in [-0.4, -0.2) is 25.0 Å². The molecule has 20 heavy (non-hydrogen) atoms. The Kier molecular flexibility index (Phi) is 2.74. The average Bonchev–Trinajstić information content (AvgIpc) is 2.84. The van der Waals surface area contributed by atoms with Crippen LogP contribution in [0, 0.1) is 27.7 Å². The van der Waals surface area contributed by atoms with Gasteiger partial charge in [0.2, 0.25) is 0 Å². The third-order valence-corrected chi connectivity index (χ3v) is 3.82. The summed E-state index contributed by atoms with van der Waals surface area (Å²) in [6.45, 7) is 12.2. The lowest BCUT2D eigenvalue weighted by atomic mass is 10.1. The Labute approximate surface area is 118 Å². The second-order valence-electron chi connectivity index (χ2n) is 5.65. The Morgan fingerprint density at radius 2 is 1.10 bits per heavy atom. The van der Waals surface area contributed by atoms with Gasteiger partial charge in [0.05, 0.1) is 28.5 Å². The van der Waals surface area contributed by atoms with Gasteiger partial charge in [-0.15, -0.1) is 0 Å². The number of fused-ring (bicyclic) bond motifs is 2. The molecule has 0 aliphatic rings. The van der Waals surface area contributed by atoms with E-state index in [-0.39, 0.29) is 6.04 Å². The van der Waals surface area contributed by atoms with Gasteiger partial charge in [-0.05, 0) is 41.5 Å². The fraction of sp³-hybridized carbons (Fsp3) is 0.467. The molecule has 0 aliphatic heterocycles. The van der Waals surface area contributed by atoms with Crippen molar-refractivity contribution in [3.8, 4) is 0 Å². The van der Waals surface area contributed by atoms with E-state index < -0.39 is 0 Å². The second-order valence-corrected chi connectivity index (χ2v) is 5.65. The minimum absolute atomic E-state index is 0.244. The number of hydrogen-bond donors (Lipinski definition) is 0. The van der Waals surface area contributed by atoms with Crippen molar-refractivity contribution in [2.75, 3.05) is 0 Å². The van der Waals surface area contributed by atoms with Crippen molar-refractivity contribution >= 4 is 22.1 Å². The third kappa shape index (κ3) is 1.69. The highest BCUT2D eigenvalue weighted by Crippen LogP contribution is 2.28. The number of hydrogen-bond acceptors (Lipinski definition) is 4. The van der Waals surface area contributed by atoms with Crippen molar-refractivity contribution < 1.29 is 0 Å². The zero-order valence-corrected chi connectivity index (χ0v) is 12.8. The van der Waals surface area contributed by atoms with E-state index in [9.17, 15) is 0 Å². The van der Waals surface area contributed by atoms with Crippen LogP contribution in [0.1, 0.15) is 42.4 Å². The summed E-state index contributed by atoms with van der Waals surface area (Å²) in [6.07, 6.45) is 0. The smallest absolute Gasteiger partial charge is 0.118 e. The summed E-state index contributed by atoms with van der Waals surface area (Å²) in [5, 5.41) is 9.23. The minimum atomic E-state index is 0.244. The van der Waals surface area contributed by atoms with E-state index in [0.29, 0.717) is 0 Å². The van der Waals surface area contributed by atoms with E-state index in [1.807, 2.05) is 27.7 Å². The number of aryl methyl sites for hydroxylation is 4. The maximum Gasteiger partial charge on any atom is 0.118 e. The van der Waals surface area contributed by atoms with E-state index >= 15 is 0 Å². The van der Waals surface area contributed by atoms with E-state index in [1.165, 1.54) is 0 Å². The standard InChI is InChI=1S/C15H19N5/c1-7(2)20-18-14-8(3)12-13(9(4)15(14)19-20)17-11(6)10(5)16-12/h7H,1-6H3. The zero-order chi connectivity index (χ0) is 14.6. The Hall–Kier alpha value is -2.04. The monoisotopic (exact) mass is 269 g/mol. The Bertz CT molecular complexity index is 765. The summed E-state index contributed by atoms with van der Waals surface area (Å²) >= 11 is 0. The first-order chi connectivity index (χ1) is 9.40. The molecule has 0 spiro atoms. The third-order valence-electron chi connectivity index (χ3n) is 3.82. The quantitative estimate of drug-likeness (QED) is 0.680. The molecular weight excluding hydrogens is 250 g/mol. The molecule has 0 saturated heterocycles. The highest BCUT2D eigenvalue weighted by molar-refractivity contribution is 5.98. The molecule has 0 atom stereocenters. The Morgan fingerprint density at radius 3 is 1.45 bits per heavy atom. The van der Waals surface area contributed by atoms with Gasteiger partial charge in [-0.1, -0.05) is 0 Å². The molecule has 0 amide bonds. The van der Waals surface area contributed by atoms with Crippen LogP contribution in [0.5, 0.6) is 0 Å². The van der Waals surface area contributed by atoms with E-state index in [4.69, 9.17) is 9.97 Å². The SMILES string of the molecule is Cc1nc2c(C)c3nn(C(C)C)nc3c(C)c2nc1C. The summed E-state index contributed by atoms with van der Waals surface area (Å²) in [5.41, 5.74) is 7.79. The molecule has 0 saturated carbocycles. The van der Waals surface area contributed by atoms with Crippen molar-refractivity contribution in [1.82, 2.24) is 25.0 Å². The van der Waals surface area contributed by atoms with Crippen LogP contribution in [0.15, 0.2) is 0 Å². The zero-order valence-electron chi connectivity index (χ0n) is 12.8. The maximum atomic E-state index is 4.70. The predicted octanol–water partition coefficient (Wildman–Crippen LogP) is 3.19. The van der Waals surface area contributed by atoms with E-state index in [0.717, 1.165) is 44.6 Å². The van der Waals surface area contributed by atoms with Crippen LogP contribution in [0.4, 0.5) is 0 Å². The van der Waals surface area contributed by atoms with Crippen molar-refractivity contribution in [2.45, 2.75) is 47.6 Å². The van der Waals surface area contributed by atoms with Crippen LogP contribution >= 0.6 is 0 Å². The highest BCUT2D eigenvalue weighted by atomic mass is 15.5. The lowest BCUT2D eigenvalue weighted by molar-refractivity contribution is 0.472. The van der Waals surface area contributed by atoms with Gasteiger partial charge in [0, 0.05) is 11.1 Å². The number of nitrogens with zero attached hydrogens (tertiary/aromatic N) is 5. The Morgan fingerprint density at radius 1 is 0.700 bits per heavy atom. The largest absolute Gasteiger partial charge is 0.249 e. The molecule has 2 aromatic heterocycles. The lowest BCUT2D eigenvalue weighted by Crippen LogP contribution is -2.04. The van der Waals surface area contributed by atoms with Crippen molar-refractivity contribution in [3.63, 3.8) is 0 Å². The first kappa shape index (κ1) is 13.0. The molecule has 0 aliphatic carbocycles. The highest BCUT2D eigenvalue weighted by Gasteiger charge is 2.17. The normalized spacial score (nSPS) is 11.9. The minimum Gasteiger partial charge on any atom is -0.249 e. The van der Waals surface area contributed by atoms with Gasteiger partial charge in [0.15, 0.2) is 0 Å². The lowest BCUT2D eigenvalue weighted by Gasteiger charge is -2.07. The molecule has 2 heterocycles. The van der Waals surface area contributed by atoms with Gasteiger partial charge in [-0.25, -0.2) is 9.97 Å². The second kappa shape index (κ2) is 4.23. The molecule has 0 radical (unpaired) electrons. The van der Waals surface area contributed by atoms with Gasteiger partial charge in [-0.2, -0.15) is 15.0 Å². The molecule has 104 valence electrons. The van der Waals surface area contributed by atoms with E-state index in [2.05, 4.69) is 24.0 Å². The van der Waals surface area contributed by atoms with Crippen LogP contribution in [0.25, 0.3) is 22.1 Å². The molecule has 5 heteroatoms. The first-order valence-electron chi connectivity index (χ1n) is 6.90. The molecule has 5 nitrogen and oxygen atoms in total. The van der Waals surface area contributed by atoms with Crippen molar-refractivity contribution in [3.05, 3.63) is 22.5 Å². The summed E-state index contributed by atoms with van der Waals surface area (Å²) in [5.74, 6) is 0. The average molecular weight is 269 g/mol. The van der Waals surface area contributed by atoms with Gasteiger partial charge < -0.3 is 0 Å². The molecule has 0 unspecified atom stereocenters. The molecular formula is C15H19N5. The predicted molar refractivity (Wildman–Crippen MR) is 80.0 cm³/mol. The topological polar surface area (TPSA) is 56.5 Å². The van der Waals surface area contributed by atoms with Crippen LogP contribution < -0.4 is 0 Å². The fourth-order valence-electron chi connectivity index (χ4n) is 2.41. The molecule has 3 aromatic rings. The van der Waals surface area contributed by atoms with Crippen molar-refractivity contribution in [2.24, 2.45) is 0 Å². The van der Waals surface area contributed by atoms with Crippen LogP contribution in [0.3, 0.4) is 0 Å². The molecule has 3 rings (SSSR count). The number of rotatable bonds is 1. The van der Waals surface area contributed by atoms with Crippen LogP contribution in [-0.2, 0) is 0 Å². The van der Waals surface area contributed by atoms with Gasteiger partial charge in [0.25, 0.3) is 0 Å². The molecule has 0 N–H and O–H groups in total. The van der Waals surface area contributed by atoms with Gasteiger partial charge >= 0.3 is 0 Å². The van der Waals surface area contributed by atoms with Crippen molar-refractivity contribution in [1.29, 1.82) is 0 Å². The summed E-state index contributed by atoms with van der Waals surface area (Å²) in [6, 6.07) is 0.244. The molecule has 1 aromatic carbocycles. The van der Waals surface area contributed by atoms with Crippen LogP contribution in [0.2, 0.25) is 0 Å². The molecule has 0 bridgehead atoms. The summed E-state index contributed by atoms with van der Waals surface area (Å²) in [4.78, 5) is 11.2. The number of benzene rings is 1. The summed E-state index contributed by atoms with van der Waals surface area (Å²) < 4.78 is 0. The van der Waals surface area contributed by atoms with Gasteiger partial charge in [-0.3, -0.25) is 0 Å². The van der Waals surface area contributed by atoms with E-state index in [1.54, 1.807) is 4.80 Å². The van der Waals surface area contributed by atoms with Gasteiger partial charge in [0.1, 0.15) is 11.0 Å². The maximum absolute atomic E-state index is 4.70. The number of aromatic nitrogens is 5. The summed E-state index contributed by atoms with van der Waals surface area (Å²) in [7, 11) is 0.